The van der Waals surface area contributed by atoms with Crippen LogP contribution in [0.5, 0.6) is 0 Å². The third-order valence-corrected chi connectivity index (χ3v) is 6.50. The summed E-state index contributed by atoms with van der Waals surface area (Å²) in [6, 6.07) is 14.6. The summed E-state index contributed by atoms with van der Waals surface area (Å²) in [4.78, 5) is 15.6. The molecule has 0 saturated heterocycles. The molecule has 1 atom stereocenters. The summed E-state index contributed by atoms with van der Waals surface area (Å²) >= 11 is 1.53. The minimum atomic E-state index is -3.21. The number of hydrogen-bond acceptors (Lipinski definition) is 4. The number of thioether (sulfide) groups is 1. The van der Waals surface area contributed by atoms with Crippen LogP contribution in [0.25, 0.3) is 0 Å². The molecule has 2 aromatic carbocycles. The average molecular weight is 378 g/mol. The van der Waals surface area contributed by atoms with Crippen molar-refractivity contribution in [3.05, 3.63) is 59.7 Å². The molecule has 134 valence electrons. The van der Waals surface area contributed by atoms with Crippen molar-refractivity contribution in [2.75, 3.05) is 19.1 Å². The number of benzene rings is 2. The smallest absolute Gasteiger partial charge is 0.233 e. The summed E-state index contributed by atoms with van der Waals surface area (Å²) in [6.45, 7) is 3.97. The molecule has 0 aliphatic carbocycles. The van der Waals surface area contributed by atoms with E-state index in [9.17, 15) is 13.2 Å². The van der Waals surface area contributed by atoms with Gasteiger partial charge in [0.15, 0.2) is 9.84 Å². The first-order valence-corrected chi connectivity index (χ1v) is 10.8. The summed E-state index contributed by atoms with van der Waals surface area (Å²) in [6.07, 6.45) is 1.18. The first-order valence-electron chi connectivity index (χ1n) is 7.94. The Bertz CT molecular complexity index is 845. The maximum absolute atomic E-state index is 12.5. The van der Waals surface area contributed by atoms with E-state index in [-0.39, 0.29) is 16.8 Å². The van der Waals surface area contributed by atoms with Crippen LogP contribution in [0.4, 0.5) is 0 Å². The van der Waals surface area contributed by atoms with Crippen molar-refractivity contribution in [2.24, 2.45) is 0 Å². The van der Waals surface area contributed by atoms with Crippen LogP contribution in [-0.2, 0) is 14.6 Å². The second-order valence-electron chi connectivity index (χ2n) is 6.08. The Labute approximate surface area is 154 Å². The van der Waals surface area contributed by atoms with Gasteiger partial charge in [-0.2, -0.15) is 0 Å². The van der Waals surface area contributed by atoms with Crippen molar-refractivity contribution in [1.29, 1.82) is 0 Å². The predicted molar refractivity (Wildman–Crippen MR) is 103 cm³/mol. The van der Waals surface area contributed by atoms with Gasteiger partial charge in [-0.1, -0.05) is 30.3 Å². The number of carbonyl (C=O) groups excluding carboxylic acids is 1. The van der Waals surface area contributed by atoms with E-state index in [1.165, 1.54) is 18.0 Å². The van der Waals surface area contributed by atoms with E-state index in [0.717, 1.165) is 16.0 Å². The number of aryl methyl sites for hydroxylation is 1. The quantitative estimate of drug-likeness (QED) is 0.720. The molecule has 4 nitrogen and oxygen atoms in total. The van der Waals surface area contributed by atoms with Gasteiger partial charge >= 0.3 is 0 Å². The molecule has 0 radical (unpaired) electrons. The van der Waals surface area contributed by atoms with Gasteiger partial charge in [0, 0.05) is 18.2 Å². The zero-order valence-corrected chi connectivity index (χ0v) is 16.5. The lowest BCUT2D eigenvalue weighted by atomic mass is 10.1. The normalized spacial score (nSPS) is 12.6. The molecular formula is C19H23NO3S2. The standard InChI is InChI=1S/C19H23NO3S2/c1-14-7-5-6-8-18(14)24-13-19(21)20(3)15(2)16-9-11-17(12-10-16)25(4,22)23/h5-12,15H,13H2,1-4H3. The van der Waals surface area contributed by atoms with Crippen molar-refractivity contribution in [2.45, 2.75) is 29.7 Å². The van der Waals surface area contributed by atoms with Crippen molar-refractivity contribution >= 4 is 27.5 Å². The molecule has 0 spiro atoms. The molecule has 2 rings (SSSR count). The summed E-state index contributed by atoms with van der Waals surface area (Å²) in [5.74, 6) is 0.403. The van der Waals surface area contributed by atoms with E-state index in [2.05, 4.69) is 0 Å². The largest absolute Gasteiger partial charge is 0.338 e. The molecule has 0 aliphatic rings. The van der Waals surface area contributed by atoms with Gasteiger partial charge in [-0.05, 0) is 43.2 Å². The van der Waals surface area contributed by atoms with Crippen LogP contribution in [0.15, 0.2) is 58.3 Å². The lowest BCUT2D eigenvalue weighted by Gasteiger charge is -2.25. The van der Waals surface area contributed by atoms with Crippen LogP contribution in [0.3, 0.4) is 0 Å². The Morgan fingerprint density at radius 2 is 1.72 bits per heavy atom. The van der Waals surface area contributed by atoms with Crippen LogP contribution in [0.1, 0.15) is 24.1 Å². The Kier molecular flexibility index (Phi) is 6.30. The highest BCUT2D eigenvalue weighted by Gasteiger charge is 2.18. The van der Waals surface area contributed by atoms with E-state index >= 15 is 0 Å². The Balaban J connectivity index is 2.02. The van der Waals surface area contributed by atoms with Gasteiger partial charge in [0.25, 0.3) is 0 Å². The molecule has 0 N–H and O–H groups in total. The number of hydrogen-bond donors (Lipinski definition) is 0. The highest BCUT2D eigenvalue weighted by atomic mass is 32.2. The van der Waals surface area contributed by atoms with Crippen LogP contribution in [-0.4, -0.2) is 38.3 Å². The van der Waals surface area contributed by atoms with Crippen LogP contribution >= 0.6 is 11.8 Å². The van der Waals surface area contributed by atoms with Crippen LogP contribution in [0, 0.1) is 6.92 Å². The Morgan fingerprint density at radius 1 is 1.12 bits per heavy atom. The minimum absolute atomic E-state index is 0.0351. The fourth-order valence-electron chi connectivity index (χ4n) is 2.39. The monoisotopic (exact) mass is 377 g/mol. The number of nitrogens with zero attached hydrogens (tertiary/aromatic N) is 1. The zero-order valence-electron chi connectivity index (χ0n) is 14.9. The second-order valence-corrected chi connectivity index (χ2v) is 9.11. The number of sulfone groups is 1. The van der Waals surface area contributed by atoms with Gasteiger partial charge < -0.3 is 4.90 Å². The Morgan fingerprint density at radius 3 is 2.28 bits per heavy atom. The molecule has 1 amide bonds. The lowest BCUT2D eigenvalue weighted by Crippen LogP contribution is -2.31. The predicted octanol–water partition coefficient (Wildman–Crippen LogP) is 3.71. The third kappa shape index (κ3) is 5.09. The van der Waals surface area contributed by atoms with Gasteiger partial charge in [-0.3, -0.25) is 4.79 Å². The summed E-state index contributed by atoms with van der Waals surface area (Å²) in [5, 5.41) is 0. The fraction of sp³-hybridized carbons (Fsp3) is 0.316. The molecule has 2 aromatic rings. The van der Waals surface area contributed by atoms with Gasteiger partial charge in [0.05, 0.1) is 16.7 Å². The molecule has 1 unspecified atom stereocenters. The van der Waals surface area contributed by atoms with Crippen molar-refractivity contribution in [3.8, 4) is 0 Å². The summed E-state index contributed by atoms with van der Waals surface area (Å²) < 4.78 is 23.1. The fourth-order valence-corrected chi connectivity index (χ4v) is 3.98. The molecule has 0 saturated carbocycles. The maximum atomic E-state index is 12.5. The van der Waals surface area contributed by atoms with Crippen molar-refractivity contribution in [1.82, 2.24) is 4.90 Å². The number of rotatable bonds is 6. The topological polar surface area (TPSA) is 54.5 Å². The lowest BCUT2D eigenvalue weighted by molar-refractivity contribution is -0.128. The summed E-state index contributed by atoms with van der Waals surface area (Å²) in [5.41, 5.74) is 2.07. The number of amides is 1. The van der Waals surface area contributed by atoms with E-state index in [1.54, 1.807) is 36.2 Å². The first-order chi connectivity index (χ1) is 11.7. The highest BCUT2D eigenvalue weighted by Crippen LogP contribution is 2.25. The SMILES string of the molecule is Cc1ccccc1SCC(=O)N(C)C(C)c1ccc(S(C)(=O)=O)cc1. The second kappa shape index (κ2) is 8.06. The molecule has 0 fully saturated rings. The van der Waals surface area contributed by atoms with Crippen molar-refractivity contribution < 1.29 is 13.2 Å². The Hall–Kier alpha value is -1.79. The molecule has 0 bridgehead atoms. The van der Waals surface area contributed by atoms with E-state index in [1.807, 2.05) is 38.1 Å². The molecule has 6 heteroatoms. The van der Waals surface area contributed by atoms with Gasteiger partial charge in [-0.15, -0.1) is 11.8 Å². The summed E-state index contributed by atoms with van der Waals surface area (Å²) in [7, 11) is -1.44. The first kappa shape index (κ1) is 19.5. The maximum Gasteiger partial charge on any atom is 0.233 e. The van der Waals surface area contributed by atoms with Crippen molar-refractivity contribution in [3.63, 3.8) is 0 Å². The van der Waals surface area contributed by atoms with Gasteiger partial charge in [-0.25, -0.2) is 8.42 Å². The molecule has 25 heavy (non-hydrogen) atoms. The van der Waals surface area contributed by atoms with E-state index in [0.29, 0.717) is 5.75 Å². The third-order valence-electron chi connectivity index (χ3n) is 4.21. The average Bonchev–Trinajstić information content (AvgIpc) is 2.59. The van der Waals surface area contributed by atoms with Gasteiger partial charge in [0.1, 0.15) is 0 Å². The molecule has 0 aromatic heterocycles. The minimum Gasteiger partial charge on any atom is -0.338 e. The van der Waals surface area contributed by atoms with Gasteiger partial charge in [0.2, 0.25) is 5.91 Å². The molecule has 0 aliphatic heterocycles. The zero-order chi connectivity index (χ0) is 18.6. The van der Waals surface area contributed by atoms with Crippen LogP contribution in [0.2, 0.25) is 0 Å². The number of carbonyl (C=O) groups is 1. The molecular weight excluding hydrogens is 354 g/mol. The van der Waals surface area contributed by atoms with Crippen LogP contribution < -0.4 is 0 Å². The highest BCUT2D eigenvalue weighted by molar-refractivity contribution is 8.00. The molecule has 0 heterocycles. The van der Waals surface area contributed by atoms with E-state index in [4.69, 9.17) is 0 Å². The van der Waals surface area contributed by atoms with E-state index < -0.39 is 9.84 Å².